The molecule has 0 aliphatic rings. The molecule has 0 aromatic heterocycles. The first-order valence-corrected chi connectivity index (χ1v) is 7.22. The van der Waals surface area contributed by atoms with Crippen LogP contribution in [0.15, 0.2) is 28.7 Å². The molecule has 0 saturated heterocycles. The minimum absolute atomic E-state index is 0.0772. The van der Waals surface area contributed by atoms with Crippen LogP contribution in [0.2, 0.25) is 0 Å². The molecule has 1 unspecified atom stereocenters. The van der Waals surface area contributed by atoms with Gasteiger partial charge in [-0.1, -0.05) is 35.0 Å². The fourth-order valence-corrected chi connectivity index (χ4v) is 2.01. The molecule has 0 saturated carbocycles. The molecule has 0 heterocycles. The maximum Gasteiger partial charge on any atom is 0.237 e. The van der Waals surface area contributed by atoms with Gasteiger partial charge in [0.25, 0.3) is 0 Å². The summed E-state index contributed by atoms with van der Waals surface area (Å²) in [5, 5.41) is 0. The van der Waals surface area contributed by atoms with Crippen molar-refractivity contribution in [3.63, 3.8) is 0 Å². The van der Waals surface area contributed by atoms with Crippen molar-refractivity contribution in [1.82, 2.24) is 4.90 Å². The normalized spacial score (nSPS) is 11.9. The Bertz CT molecular complexity index is 462. The molecule has 2 amide bonds. The Hall–Kier alpha value is -1.40. The first-order chi connectivity index (χ1) is 9.42. The summed E-state index contributed by atoms with van der Waals surface area (Å²) in [5.74, 6) is -0.539. The number of rotatable bonds is 7. The largest absolute Gasteiger partial charge is 0.368 e. The molecule has 5 nitrogen and oxygen atoms in total. The third-order valence-electron chi connectivity index (χ3n) is 2.91. The molecule has 110 valence electrons. The van der Waals surface area contributed by atoms with Crippen molar-refractivity contribution in [2.45, 2.75) is 19.9 Å². The summed E-state index contributed by atoms with van der Waals surface area (Å²) < 4.78 is 0.964. The molecule has 20 heavy (non-hydrogen) atoms. The van der Waals surface area contributed by atoms with E-state index in [-0.39, 0.29) is 18.4 Å². The highest BCUT2D eigenvalue weighted by atomic mass is 79.9. The molecule has 0 aliphatic heterocycles. The van der Waals surface area contributed by atoms with Crippen LogP contribution in [0.4, 0.5) is 0 Å². The van der Waals surface area contributed by atoms with Gasteiger partial charge in [-0.3, -0.25) is 9.59 Å². The maximum atomic E-state index is 12.2. The predicted octanol–water partition coefficient (Wildman–Crippen LogP) is 1.25. The van der Waals surface area contributed by atoms with Crippen LogP contribution in [0.5, 0.6) is 0 Å². The fraction of sp³-hybridized carbons (Fsp3) is 0.429. The maximum absolute atomic E-state index is 12.2. The number of benzene rings is 1. The lowest BCUT2D eigenvalue weighted by Crippen LogP contribution is -2.39. The van der Waals surface area contributed by atoms with Crippen LogP contribution in [0, 0.1) is 5.92 Å². The number of amides is 2. The van der Waals surface area contributed by atoms with Gasteiger partial charge < -0.3 is 16.4 Å². The van der Waals surface area contributed by atoms with Gasteiger partial charge in [-0.05, 0) is 30.2 Å². The summed E-state index contributed by atoms with van der Waals surface area (Å²) >= 11 is 3.35. The van der Waals surface area contributed by atoms with Gasteiger partial charge in [0.15, 0.2) is 0 Å². The Morgan fingerprint density at radius 2 is 1.90 bits per heavy atom. The fourth-order valence-electron chi connectivity index (χ4n) is 1.74. The first-order valence-electron chi connectivity index (χ1n) is 6.43. The summed E-state index contributed by atoms with van der Waals surface area (Å²) in [7, 11) is 0. The molecule has 0 aliphatic carbocycles. The molecular weight excluding hydrogens is 322 g/mol. The summed E-state index contributed by atoms with van der Waals surface area (Å²) in [6.07, 6.45) is 0.320. The number of nitrogens with two attached hydrogens (primary N) is 2. The number of carbonyl (C=O) groups is 2. The second-order valence-corrected chi connectivity index (χ2v) is 5.80. The van der Waals surface area contributed by atoms with Crippen molar-refractivity contribution in [2.75, 3.05) is 13.1 Å². The van der Waals surface area contributed by atoms with Crippen molar-refractivity contribution >= 4 is 27.7 Å². The molecule has 0 bridgehead atoms. The average Bonchev–Trinajstić information content (AvgIpc) is 2.39. The van der Waals surface area contributed by atoms with Gasteiger partial charge in [-0.2, -0.15) is 0 Å². The second kappa shape index (κ2) is 8.01. The minimum atomic E-state index is -0.518. The van der Waals surface area contributed by atoms with Crippen LogP contribution >= 0.6 is 15.9 Å². The number of hydrogen-bond donors (Lipinski definition) is 2. The lowest BCUT2D eigenvalue weighted by atomic mass is 10.1. The summed E-state index contributed by atoms with van der Waals surface area (Å²) in [4.78, 5) is 24.8. The average molecular weight is 342 g/mol. The zero-order valence-electron chi connectivity index (χ0n) is 11.5. The van der Waals surface area contributed by atoms with E-state index in [1.165, 1.54) is 4.90 Å². The van der Waals surface area contributed by atoms with E-state index in [0.717, 1.165) is 10.0 Å². The third-order valence-corrected chi connectivity index (χ3v) is 3.44. The summed E-state index contributed by atoms with van der Waals surface area (Å²) in [6.45, 7) is 2.63. The molecule has 1 aromatic rings. The van der Waals surface area contributed by atoms with E-state index >= 15 is 0 Å². The van der Waals surface area contributed by atoms with Gasteiger partial charge in [0.2, 0.25) is 11.8 Å². The van der Waals surface area contributed by atoms with E-state index in [9.17, 15) is 9.59 Å². The van der Waals surface area contributed by atoms with E-state index in [0.29, 0.717) is 19.5 Å². The lowest BCUT2D eigenvalue weighted by Gasteiger charge is -2.22. The molecule has 0 spiro atoms. The summed E-state index contributed by atoms with van der Waals surface area (Å²) in [6, 6.07) is 7.59. The van der Waals surface area contributed by atoms with Gasteiger partial charge >= 0.3 is 0 Å². The van der Waals surface area contributed by atoms with E-state index in [4.69, 9.17) is 11.5 Å². The molecule has 6 heteroatoms. The Balaban J connectivity index is 2.75. The number of primary amides is 1. The summed E-state index contributed by atoms with van der Waals surface area (Å²) in [5.41, 5.74) is 11.7. The SMILES string of the molecule is CC(CN)CC(=O)N(CC(N)=O)Cc1ccc(Br)cc1. The number of hydrogen-bond acceptors (Lipinski definition) is 3. The van der Waals surface area contributed by atoms with Crippen LogP contribution in [-0.4, -0.2) is 29.8 Å². The highest BCUT2D eigenvalue weighted by Crippen LogP contribution is 2.13. The van der Waals surface area contributed by atoms with Gasteiger partial charge in [0.1, 0.15) is 0 Å². The van der Waals surface area contributed by atoms with Crippen molar-refractivity contribution in [3.8, 4) is 0 Å². The number of carbonyl (C=O) groups excluding carboxylic acids is 2. The highest BCUT2D eigenvalue weighted by molar-refractivity contribution is 9.10. The van der Waals surface area contributed by atoms with Crippen molar-refractivity contribution in [3.05, 3.63) is 34.3 Å². The molecule has 1 rings (SSSR count). The van der Waals surface area contributed by atoms with Crippen LogP contribution in [0.25, 0.3) is 0 Å². The second-order valence-electron chi connectivity index (χ2n) is 4.89. The van der Waals surface area contributed by atoms with Crippen LogP contribution < -0.4 is 11.5 Å². The number of halogens is 1. The Morgan fingerprint density at radius 3 is 2.40 bits per heavy atom. The molecule has 1 aromatic carbocycles. The Kier molecular flexibility index (Phi) is 6.67. The Morgan fingerprint density at radius 1 is 1.30 bits per heavy atom. The molecule has 1 atom stereocenters. The van der Waals surface area contributed by atoms with Gasteiger partial charge in [0, 0.05) is 17.4 Å². The standard InChI is InChI=1S/C14H20BrN3O2/c1-10(7-16)6-14(20)18(9-13(17)19)8-11-2-4-12(15)5-3-11/h2-5,10H,6-9,16H2,1H3,(H2,17,19). The van der Waals surface area contributed by atoms with Gasteiger partial charge in [-0.25, -0.2) is 0 Å². The predicted molar refractivity (Wildman–Crippen MR) is 81.6 cm³/mol. The topological polar surface area (TPSA) is 89.4 Å². The molecular formula is C14H20BrN3O2. The minimum Gasteiger partial charge on any atom is -0.368 e. The van der Waals surface area contributed by atoms with Crippen LogP contribution in [0.3, 0.4) is 0 Å². The van der Waals surface area contributed by atoms with E-state index in [2.05, 4.69) is 15.9 Å². The zero-order valence-corrected chi connectivity index (χ0v) is 13.1. The highest BCUT2D eigenvalue weighted by Gasteiger charge is 2.18. The van der Waals surface area contributed by atoms with E-state index in [1.807, 2.05) is 31.2 Å². The zero-order chi connectivity index (χ0) is 15.1. The monoisotopic (exact) mass is 341 g/mol. The molecule has 0 radical (unpaired) electrons. The van der Waals surface area contributed by atoms with Gasteiger partial charge in [0.05, 0.1) is 6.54 Å². The van der Waals surface area contributed by atoms with Crippen molar-refractivity contribution < 1.29 is 9.59 Å². The number of nitrogens with zero attached hydrogens (tertiary/aromatic N) is 1. The lowest BCUT2D eigenvalue weighted by molar-refractivity contribution is -0.136. The van der Waals surface area contributed by atoms with Crippen LogP contribution in [0.1, 0.15) is 18.9 Å². The first kappa shape index (κ1) is 16.7. The quantitative estimate of drug-likeness (QED) is 0.781. The third kappa shape index (κ3) is 5.71. The van der Waals surface area contributed by atoms with Crippen LogP contribution in [-0.2, 0) is 16.1 Å². The smallest absolute Gasteiger partial charge is 0.237 e. The van der Waals surface area contributed by atoms with Crippen molar-refractivity contribution in [2.24, 2.45) is 17.4 Å². The van der Waals surface area contributed by atoms with E-state index < -0.39 is 5.91 Å². The molecule has 0 fully saturated rings. The molecule has 4 N–H and O–H groups in total. The van der Waals surface area contributed by atoms with Gasteiger partial charge in [-0.15, -0.1) is 0 Å². The Labute approximate surface area is 127 Å². The van der Waals surface area contributed by atoms with E-state index in [1.54, 1.807) is 0 Å². The van der Waals surface area contributed by atoms with Crippen molar-refractivity contribution in [1.29, 1.82) is 0 Å².